The molecule has 0 saturated carbocycles. The van der Waals surface area contributed by atoms with E-state index in [0.717, 1.165) is 16.7 Å². The number of nitro groups is 1. The SMILES string of the molecule is CC(C)(C)c1cc(/C=N\NC(=O)c2cc(-c3cccc([N+](=O)[O-])c3)n[nH]2)cc(C(C)(C)C)c1O. The Balaban J connectivity index is 1.81. The fourth-order valence-electron chi connectivity index (χ4n) is 3.47. The number of carbonyl (C=O) groups is 1. The van der Waals surface area contributed by atoms with E-state index in [1.807, 2.05) is 53.7 Å². The monoisotopic (exact) mass is 463 g/mol. The van der Waals surface area contributed by atoms with Gasteiger partial charge < -0.3 is 5.11 Å². The zero-order valence-electron chi connectivity index (χ0n) is 20.1. The minimum atomic E-state index is -0.508. The number of non-ortho nitro benzene ring substituents is 1. The number of nitrogens with one attached hydrogen (secondary N) is 2. The van der Waals surface area contributed by atoms with Gasteiger partial charge in [0.25, 0.3) is 11.6 Å². The molecule has 0 atom stereocenters. The molecule has 0 unspecified atom stereocenters. The normalized spacial score (nSPS) is 12.2. The summed E-state index contributed by atoms with van der Waals surface area (Å²) in [5.74, 6) is -0.237. The molecule has 1 heterocycles. The van der Waals surface area contributed by atoms with Gasteiger partial charge in [-0.2, -0.15) is 10.2 Å². The number of H-pyrrole nitrogens is 1. The highest BCUT2D eigenvalue weighted by molar-refractivity contribution is 5.94. The molecule has 3 rings (SSSR count). The summed E-state index contributed by atoms with van der Waals surface area (Å²) < 4.78 is 0. The molecule has 0 saturated heterocycles. The van der Waals surface area contributed by atoms with Crippen LogP contribution in [0.5, 0.6) is 5.75 Å². The molecule has 1 amide bonds. The van der Waals surface area contributed by atoms with Crippen molar-refractivity contribution in [3.05, 3.63) is 75.0 Å². The van der Waals surface area contributed by atoms with Crippen LogP contribution in [0, 0.1) is 10.1 Å². The van der Waals surface area contributed by atoms with Crippen LogP contribution in [0.1, 0.15) is 68.7 Å². The number of hydrogen-bond acceptors (Lipinski definition) is 6. The molecule has 0 aliphatic heterocycles. The first-order valence-corrected chi connectivity index (χ1v) is 10.8. The Labute approximate surface area is 198 Å². The number of phenols is 1. The van der Waals surface area contributed by atoms with Crippen molar-refractivity contribution in [2.45, 2.75) is 52.4 Å². The van der Waals surface area contributed by atoms with E-state index in [9.17, 15) is 20.0 Å². The number of hydrazone groups is 1. The van der Waals surface area contributed by atoms with Crippen LogP contribution in [0.15, 0.2) is 47.6 Å². The summed E-state index contributed by atoms with van der Waals surface area (Å²) in [5, 5.41) is 32.6. The van der Waals surface area contributed by atoms with Gasteiger partial charge in [-0.25, -0.2) is 5.43 Å². The number of benzene rings is 2. The maximum Gasteiger partial charge on any atom is 0.289 e. The number of hydrogen-bond donors (Lipinski definition) is 3. The van der Waals surface area contributed by atoms with Crippen molar-refractivity contribution < 1.29 is 14.8 Å². The maximum atomic E-state index is 12.5. The standard InChI is InChI=1S/C25H29N5O4/c1-24(2,3)18-10-15(11-19(22(18)31)25(4,5)6)14-26-29-23(32)21-13-20(27-28-21)16-8-7-9-17(12-16)30(33)34/h7-14,31H,1-6H3,(H,27,28)(H,29,32)/b26-14-. The van der Waals surface area contributed by atoms with Crippen LogP contribution in [0.2, 0.25) is 0 Å². The summed E-state index contributed by atoms with van der Waals surface area (Å²) in [6, 6.07) is 11.2. The molecule has 0 aliphatic carbocycles. The molecule has 0 fully saturated rings. The molecular weight excluding hydrogens is 434 g/mol. The molecule has 0 aliphatic rings. The molecule has 34 heavy (non-hydrogen) atoms. The van der Waals surface area contributed by atoms with E-state index in [0.29, 0.717) is 11.3 Å². The summed E-state index contributed by atoms with van der Waals surface area (Å²) in [6.07, 6.45) is 1.53. The third kappa shape index (κ3) is 5.48. The van der Waals surface area contributed by atoms with Crippen LogP contribution in [0.4, 0.5) is 5.69 Å². The van der Waals surface area contributed by atoms with Gasteiger partial charge >= 0.3 is 0 Å². The molecule has 0 spiro atoms. The van der Waals surface area contributed by atoms with E-state index in [1.165, 1.54) is 24.4 Å². The Bertz CT molecular complexity index is 1230. The van der Waals surface area contributed by atoms with Gasteiger partial charge in [0.2, 0.25) is 0 Å². The lowest BCUT2D eigenvalue weighted by Crippen LogP contribution is -2.19. The lowest BCUT2D eigenvalue weighted by molar-refractivity contribution is -0.384. The first kappa shape index (κ1) is 24.6. The second-order valence-electron chi connectivity index (χ2n) is 10.1. The number of aromatic nitrogens is 2. The zero-order chi connectivity index (χ0) is 25.3. The lowest BCUT2D eigenvalue weighted by atomic mass is 9.78. The van der Waals surface area contributed by atoms with Crippen LogP contribution in [-0.4, -0.2) is 32.3 Å². The minimum Gasteiger partial charge on any atom is -0.507 e. The predicted octanol–water partition coefficient (Wildman–Crippen LogP) is 5.05. The smallest absolute Gasteiger partial charge is 0.289 e. The van der Waals surface area contributed by atoms with Crippen LogP contribution in [0.25, 0.3) is 11.3 Å². The molecule has 1 aromatic heterocycles. The fraction of sp³-hybridized carbons (Fsp3) is 0.320. The zero-order valence-corrected chi connectivity index (χ0v) is 20.1. The largest absolute Gasteiger partial charge is 0.507 e. The number of nitro benzene ring substituents is 1. The number of phenolic OH excluding ortho intramolecular Hbond substituents is 1. The van der Waals surface area contributed by atoms with Gasteiger partial charge in [-0.3, -0.25) is 20.0 Å². The lowest BCUT2D eigenvalue weighted by Gasteiger charge is -2.27. The highest BCUT2D eigenvalue weighted by Gasteiger charge is 2.26. The third-order valence-electron chi connectivity index (χ3n) is 5.30. The van der Waals surface area contributed by atoms with Crippen molar-refractivity contribution in [2.24, 2.45) is 5.10 Å². The summed E-state index contributed by atoms with van der Waals surface area (Å²) in [5.41, 5.74) is 5.25. The molecule has 178 valence electrons. The number of aromatic hydroxyl groups is 1. The minimum absolute atomic E-state index is 0.0609. The molecule has 9 heteroatoms. The van der Waals surface area contributed by atoms with Gasteiger partial charge in [0.1, 0.15) is 11.4 Å². The van der Waals surface area contributed by atoms with Crippen LogP contribution < -0.4 is 5.43 Å². The topological polar surface area (TPSA) is 134 Å². The predicted molar refractivity (Wildman–Crippen MR) is 131 cm³/mol. The average Bonchev–Trinajstić information content (AvgIpc) is 3.23. The van der Waals surface area contributed by atoms with E-state index in [-0.39, 0.29) is 28.0 Å². The molecule has 9 nitrogen and oxygen atoms in total. The van der Waals surface area contributed by atoms with Gasteiger partial charge in [-0.05, 0) is 34.6 Å². The van der Waals surface area contributed by atoms with E-state index < -0.39 is 10.8 Å². The fourth-order valence-corrected chi connectivity index (χ4v) is 3.47. The van der Waals surface area contributed by atoms with Gasteiger partial charge in [0, 0.05) is 28.8 Å². The van der Waals surface area contributed by atoms with Crippen molar-refractivity contribution in [1.29, 1.82) is 0 Å². The van der Waals surface area contributed by atoms with E-state index in [1.54, 1.807) is 12.1 Å². The summed E-state index contributed by atoms with van der Waals surface area (Å²) in [7, 11) is 0. The van der Waals surface area contributed by atoms with Crippen LogP contribution in [0.3, 0.4) is 0 Å². The van der Waals surface area contributed by atoms with E-state index >= 15 is 0 Å². The van der Waals surface area contributed by atoms with Crippen molar-refractivity contribution in [1.82, 2.24) is 15.6 Å². The van der Waals surface area contributed by atoms with Gasteiger partial charge in [-0.15, -0.1) is 0 Å². The number of amides is 1. The van der Waals surface area contributed by atoms with Gasteiger partial charge in [-0.1, -0.05) is 53.7 Å². The second-order valence-corrected chi connectivity index (χ2v) is 10.1. The summed E-state index contributed by atoms with van der Waals surface area (Å²) in [6.45, 7) is 12.1. The van der Waals surface area contributed by atoms with Gasteiger partial charge in [0.05, 0.1) is 16.8 Å². The molecule has 0 bridgehead atoms. The first-order valence-electron chi connectivity index (χ1n) is 10.8. The highest BCUT2D eigenvalue weighted by atomic mass is 16.6. The van der Waals surface area contributed by atoms with Gasteiger partial charge in [0.15, 0.2) is 0 Å². The summed E-state index contributed by atoms with van der Waals surface area (Å²) in [4.78, 5) is 23.0. The van der Waals surface area contributed by atoms with E-state index in [4.69, 9.17) is 0 Å². The van der Waals surface area contributed by atoms with E-state index in [2.05, 4.69) is 20.7 Å². The first-order chi connectivity index (χ1) is 15.8. The van der Waals surface area contributed by atoms with Crippen molar-refractivity contribution in [3.63, 3.8) is 0 Å². The number of carbonyl (C=O) groups excluding carboxylic acids is 1. The Hall–Kier alpha value is -4.01. The molecule has 2 aromatic carbocycles. The Morgan fingerprint density at radius 2 is 1.71 bits per heavy atom. The number of rotatable bonds is 5. The Morgan fingerprint density at radius 1 is 1.09 bits per heavy atom. The van der Waals surface area contributed by atoms with Crippen molar-refractivity contribution >= 4 is 17.8 Å². The van der Waals surface area contributed by atoms with Crippen LogP contribution in [-0.2, 0) is 10.8 Å². The van der Waals surface area contributed by atoms with Crippen molar-refractivity contribution in [3.8, 4) is 17.0 Å². The third-order valence-corrected chi connectivity index (χ3v) is 5.30. The molecular formula is C25H29N5O4. The molecule has 0 radical (unpaired) electrons. The summed E-state index contributed by atoms with van der Waals surface area (Å²) >= 11 is 0. The highest BCUT2D eigenvalue weighted by Crippen LogP contribution is 2.39. The number of aromatic amines is 1. The van der Waals surface area contributed by atoms with Crippen LogP contribution >= 0.6 is 0 Å². The Kier molecular flexibility index (Phi) is 6.58. The molecule has 3 N–H and O–H groups in total. The Morgan fingerprint density at radius 3 is 2.26 bits per heavy atom. The molecule has 3 aromatic rings. The second kappa shape index (κ2) is 9.09. The average molecular weight is 464 g/mol. The maximum absolute atomic E-state index is 12.5. The van der Waals surface area contributed by atoms with Crippen molar-refractivity contribution in [2.75, 3.05) is 0 Å². The quantitative estimate of drug-likeness (QED) is 0.277. The number of nitrogens with zero attached hydrogens (tertiary/aromatic N) is 3.